The van der Waals surface area contributed by atoms with Crippen molar-refractivity contribution in [3.8, 4) is 11.5 Å². The van der Waals surface area contributed by atoms with E-state index in [-0.39, 0.29) is 11.3 Å². The Labute approximate surface area is 211 Å². The third kappa shape index (κ3) is 4.85. The molecule has 0 unspecified atom stereocenters. The van der Waals surface area contributed by atoms with Gasteiger partial charge in [0.25, 0.3) is 11.7 Å². The molecule has 0 bridgehead atoms. The Morgan fingerprint density at radius 2 is 1.53 bits per heavy atom. The molecule has 1 aliphatic heterocycles. The molecule has 6 nitrogen and oxygen atoms in total. The number of benzene rings is 3. The molecule has 6 heteroatoms. The molecule has 1 saturated heterocycles. The Balaban J connectivity index is 1.74. The number of rotatable bonds is 8. The first-order valence-corrected chi connectivity index (χ1v) is 12.0. The fraction of sp³-hybridized carbons (Fsp3) is 0.267. The molecule has 1 atom stereocenters. The molecule has 0 aromatic heterocycles. The molecule has 3 aromatic carbocycles. The Kier molecular flexibility index (Phi) is 7.44. The van der Waals surface area contributed by atoms with Crippen LogP contribution >= 0.6 is 0 Å². The van der Waals surface area contributed by atoms with Gasteiger partial charge in [-0.1, -0.05) is 67.1 Å². The maximum absolute atomic E-state index is 13.3. The SMILES string of the molecule is CCc1ccc([C@@H]2C(=C(O)c3ccc(C)cc3)C(=O)C(=O)N2CCc2ccc(OC)c(OC)c2)cc1. The first kappa shape index (κ1) is 25.0. The molecule has 3 aromatic rings. The number of aliphatic hydroxyl groups excluding tert-OH is 1. The topological polar surface area (TPSA) is 76.1 Å². The number of carbonyl (C=O) groups excluding carboxylic acids is 2. The van der Waals surface area contributed by atoms with Crippen LogP contribution in [0.15, 0.2) is 72.3 Å². The molecule has 1 fully saturated rings. The van der Waals surface area contributed by atoms with Gasteiger partial charge in [-0.25, -0.2) is 0 Å². The minimum atomic E-state index is -0.683. The van der Waals surface area contributed by atoms with Crippen molar-refractivity contribution in [2.24, 2.45) is 0 Å². The fourth-order valence-corrected chi connectivity index (χ4v) is 4.55. The summed E-state index contributed by atoms with van der Waals surface area (Å²) in [5.74, 6) is -0.232. The Morgan fingerprint density at radius 1 is 0.889 bits per heavy atom. The smallest absolute Gasteiger partial charge is 0.295 e. The summed E-state index contributed by atoms with van der Waals surface area (Å²) >= 11 is 0. The molecule has 1 aliphatic rings. The van der Waals surface area contributed by atoms with E-state index in [1.165, 1.54) is 0 Å². The molecular weight excluding hydrogens is 454 g/mol. The number of likely N-dealkylation sites (tertiary alicyclic amines) is 1. The standard InChI is InChI=1S/C30H31NO5/c1-5-20-8-13-22(14-9-20)27-26(28(32)23-11-6-19(2)7-12-23)29(33)30(34)31(27)17-16-21-10-15-24(35-3)25(18-21)36-4/h6-15,18,27,32H,5,16-17H2,1-4H3/t27-/m1/s1. The molecule has 36 heavy (non-hydrogen) atoms. The van der Waals surface area contributed by atoms with Crippen molar-refractivity contribution in [1.29, 1.82) is 0 Å². The molecule has 1 N–H and O–H groups in total. The lowest BCUT2D eigenvalue weighted by molar-refractivity contribution is -0.139. The first-order valence-electron chi connectivity index (χ1n) is 12.0. The van der Waals surface area contributed by atoms with Crippen LogP contribution in [0.25, 0.3) is 5.76 Å². The summed E-state index contributed by atoms with van der Waals surface area (Å²) in [5, 5.41) is 11.2. The highest BCUT2D eigenvalue weighted by molar-refractivity contribution is 6.46. The van der Waals surface area contributed by atoms with E-state index in [0.29, 0.717) is 30.0 Å². The predicted molar refractivity (Wildman–Crippen MR) is 139 cm³/mol. The number of aryl methyl sites for hydroxylation is 2. The summed E-state index contributed by atoms with van der Waals surface area (Å²) in [6.45, 7) is 4.32. The quantitative estimate of drug-likeness (QED) is 0.268. The molecule has 0 radical (unpaired) electrons. The lowest BCUT2D eigenvalue weighted by Crippen LogP contribution is -2.31. The molecule has 0 spiro atoms. The average molecular weight is 486 g/mol. The molecule has 0 saturated carbocycles. The number of hydrogen-bond acceptors (Lipinski definition) is 5. The van der Waals surface area contributed by atoms with Gasteiger partial charge in [0.15, 0.2) is 11.5 Å². The minimum Gasteiger partial charge on any atom is -0.507 e. The van der Waals surface area contributed by atoms with E-state index >= 15 is 0 Å². The Hall–Kier alpha value is -4.06. The molecular formula is C30H31NO5. The van der Waals surface area contributed by atoms with Crippen molar-refractivity contribution in [2.75, 3.05) is 20.8 Å². The van der Waals surface area contributed by atoms with Crippen LogP contribution < -0.4 is 9.47 Å². The molecule has 0 aliphatic carbocycles. The Morgan fingerprint density at radius 3 is 2.14 bits per heavy atom. The van der Waals surface area contributed by atoms with Crippen molar-refractivity contribution in [2.45, 2.75) is 32.7 Å². The summed E-state index contributed by atoms with van der Waals surface area (Å²) < 4.78 is 10.7. The van der Waals surface area contributed by atoms with Crippen LogP contribution in [0.2, 0.25) is 0 Å². The summed E-state index contributed by atoms with van der Waals surface area (Å²) in [6.07, 6.45) is 1.38. The van der Waals surface area contributed by atoms with Gasteiger partial charge in [-0.2, -0.15) is 0 Å². The van der Waals surface area contributed by atoms with Gasteiger partial charge in [-0.05, 0) is 48.6 Å². The lowest BCUT2D eigenvalue weighted by atomic mass is 9.94. The molecule has 186 valence electrons. The highest BCUT2D eigenvalue weighted by atomic mass is 16.5. The van der Waals surface area contributed by atoms with E-state index < -0.39 is 17.7 Å². The van der Waals surface area contributed by atoms with Gasteiger partial charge in [0, 0.05) is 12.1 Å². The zero-order chi connectivity index (χ0) is 25.8. The number of ketones is 1. The lowest BCUT2D eigenvalue weighted by Gasteiger charge is -2.25. The van der Waals surface area contributed by atoms with Gasteiger partial charge in [-0.3, -0.25) is 9.59 Å². The zero-order valence-corrected chi connectivity index (χ0v) is 21.1. The highest BCUT2D eigenvalue weighted by Gasteiger charge is 2.45. The summed E-state index contributed by atoms with van der Waals surface area (Å²) in [4.78, 5) is 28.1. The third-order valence-corrected chi connectivity index (χ3v) is 6.66. The maximum atomic E-state index is 13.3. The highest BCUT2D eigenvalue weighted by Crippen LogP contribution is 2.40. The first-order chi connectivity index (χ1) is 17.4. The van der Waals surface area contributed by atoms with Crippen LogP contribution in [0.3, 0.4) is 0 Å². The van der Waals surface area contributed by atoms with Gasteiger partial charge in [-0.15, -0.1) is 0 Å². The largest absolute Gasteiger partial charge is 0.507 e. The van der Waals surface area contributed by atoms with Gasteiger partial charge in [0.05, 0.1) is 25.8 Å². The van der Waals surface area contributed by atoms with Crippen molar-refractivity contribution in [3.63, 3.8) is 0 Å². The maximum Gasteiger partial charge on any atom is 0.295 e. The second-order valence-corrected chi connectivity index (χ2v) is 8.89. The van der Waals surface area contributed by atoms with Crippen LogP contribution in [0.4, 0.5) is 0 Å². The summed E-state index contributed by atoms with van der Waals surface area (Å²) in [7, 11) is 3.15. The minimum absolute atomic E-state index is 0.111. The van der Waals surface area contributed by atoms with Gasteiger partial charge in [0.2, 0.25) is 0 Å². The van der Waals surface area contributed by atoms with Crippen LogP contribution in [0.1, 0.15) is 40.8 Å². The van der Waals surface area contributed by atoms with E-state index in [2.05, 4.69) is 6.92 Å². The number of hydrogen-bond donors (Lipinski definition) is 1. The van der Waals surface area contributed by atoms with Crippen molar-refractivity contribution in [1.82, 2.24) is 4.90 Å². The van der Waals surface area contributed by atoms with E-state index in [0.717, 1.165) is 28.7 Å². The van der Waals surface area contributed by atoms with Crippen LogP contribution in [0, 0.1) is 6.92 Å². The third-order valence-electron chi connectivity index (χ3n) is 6.66. The molecule has 1 amide bonds. The Bertz CT molecular complexity index is 1290. The van der Waals surface area contributed by atoms with Crippen LogP contribution in [-0.4, -0.2) is 42.5 Å². The number of amides is 1. The average Bonchev–Trinajstić information content (AvgIpc) is 3.16. The normalized spacial score (nSPS) is 16.9. The van der Waals surface area contributed by atoms with Gasteiger partial charge in [0.1, 0.15) is 5.76 Å². The predicted octanol–water partition coefficient (Wildman–Crippen LogP) is 5.24. The number of carbonyl (C=O) groups is 2. The van der Waals surface area contributed by atoms with Crippen molar-refractivity contribution < 1.29 is 24.2 Å². The van der Waals surface area contributed by atoms with E-state index in [1.54, 1.807) is 31.3 Å². The molecule has 1 heterocycles. The van der Waals surface area contributed by atoms with Crippen molar-refractivity contribution in [3.05, 3.63) is 100 Å². The fourth-order valence-electron chi connectivity index (χ4n) is 4.55. The van der Waals surface area contributed by atoms with Crippen molar-refractivity contribution >= 4 is 17.4 Å². The molecule has 4 rings (SSSR count). The van der Waals surface area contributed by atoms with E-state index in [4.69, 9.17) is 9.47 Å². The monoisotopic (exact) mass is 485 g/mol. The summed E-state index contributed by atoms with van der Waals surface area (Å²) in [6, 6.07) is 20.0. The second-order valence-electron chi connectivity index (χ2n) is 8.89. The number of ether oxygens (including phenoxy) is 2. The van der Waals surface area contributed by atoms with Crippen LogP contribution in [0.5, 0.6) is 11.5 Å². The summed E-state index contributed by atoms with van der Waals surface area (Å²) in [5.41, 5.74) is 4.53. The van der Waals surface area contributed by atoms with E-state index in [1.807, 2.05) is 61.5 Å². The second kappa shape index (κ2) is 10.7. The number of nitrogens with zero attached hydrogens (tertiary/aromatic N) is 1. The van der Waals surface area contributed by atoms with E-state index in [9.17, 15) is 14.7 Å². The van der Waals surface area contributed by atoms with Crippen LogP contribution in [-0.2, 0) is 22.4 Å². The number of Topliss-reactive ketones (excluding diaryl/α,β-unsaturated/α-hetero) is 1. The number of aliphatic hydroxyl groups is 1. The number of methoxy groups -OCH3 is 2. The zero-order valence-electron chi connectivity index (χ0n) is 21.1. The van der Waals surface area contributed by atoms with Gasteiger partial charge < -0.3 is 19.5 Å². The van der Waals surface area contributed by atoms with Gasteiger partial charge >= 0.3 is 0 Å².